The van der Waals surface area contributed by atoms with E-state index in [0.717, 1.165) is 4.90 Å². The van der Waals surface area contributed by atoms with E-state index in [-0.39, 0.29) is 12.4 Å². The minimum Gasteiger partial charge on any atom is -0.392 e. The molecule has 0 aromatic carbocycles. The molecule has 1 heterocycles. The van der Waals surface area contributed by atoms with Crippen molar-refractivity contribution in [3.63, 3.8) is 0 Å². The quantitative estimate of drug-likeness (QED) is 0.840. The zero-order valence-electron chi connectivity index (χ0n) is 8.12. The zero-order valence-corrected chi connectivity index (χ0v) is 8.12. The Kier molecular flexibility index (Phi) is 3.52. The first-order valence-electron chi connectivity index (χ1n) is 4.26. The highest BCUT2D eigenvalue weighted by molar-refractivity contribution is 5.45. The summed E-state index contributed by atoms with van der Waals surface area (Å²) >= 11 is 0. The van der Waals surface area contributed by atoms with Gasteiger partial charge in [-0.25, -0.2) is 4.98 Å². The summed E-state index contributed by atoms with van der Waals surface area (Å²) < 4.78 is 36.3. The summed E-state index contributed by atoms with van der Waals surface area (Å²) in [5.74, 6) is 0.150. The van der Waals surface area contributed by atoms with Crippen molar-refractivity contribution >= 4 is 5.82 Å². The van der Waals surface area contributed by atoms with Gasteiger partial charge >= 0.3 is 6.18 Å². The Morgan fingerprint density at radius 2 is 2.13 bits per heavy atom. The Bertz CT molecular complexity index is 327. The number of aliphatic hydroxyl groups is 1. The van der Waals surface area contributed by atoms with Crippen LogP contribution >= 0.6 is 0 Å². The maximum absolute atomic E-state index is 12.1. The van der Waals surface area contributed by atoms with Gasteiger partial charge in [0.05, 0.1) is 6.61 Å². The molecule has 0 amide bonds. The third-order valence-corrected chi connectivity index (χ3v) is 1.82. The van der Waals surface area contributed by atoms with Crippen LogP contribution < -0.4 is 4.90 Å². The third kappa shape index (κ3) is 3.39. The molecule has 1 aromatic rings. The average molecular weight is 220 g/mol. The predicted molar refractivity (Wildman–Crippen MR) is 49.5 cm³/mol. The molecule has 0 saturated heterocycles. The average Bonchev–Trinajstić information content (AvgIpc) is 2.15. The molecule has 0 atom stereocenters. The molecule has 0 unspecified atom stereocenters. The van der Waals surface area contributed by atoms with Gasteiger partial charge in [0.1, 0.15) is 12.4 Å². The Hall–Kier alpha value is -1.30. The van der Waals surface area contributed by atoms with E-state index in [1.165, 1.54) is 19.3 Å². The maximum atomic E-state index is 12.1. The van der Waals surface area contributed by atoms with Crippen molar-refractivity contribution in [3.05, 3.63) is 23.9 Å². The smallest absolute Gasteiger partial charge is 0.392 e. The first-order valence-corrected chi connectivity index (χ1v) is 4.26. The number of pyridine rings is 1. The van der Waals surface area contributed by atoms with Crippen molar-refractivity contribution in [2.45, 2.75) is 12.8 Å². The molecule has 0 aliphatic rings. The molecule has 15 heavy (non-hydrogen) atoms. The molecule has 0 aliphatic carbocycles. The Balaban J connectivity index is 2.86. The molecule has 1 aromatic heterocycles. The van der Waals surface area contributed by atoms with Crippen LogP contribution in [0.4, 0.5) is 19.0 Å². The van der Waals surface area contributed by atoms with Gasteiger partial charge in [-0.3, -0.25) is 0 Å². The number of halogens is 3. The summed E-state index contributed by atoms with van der Waals surface area (Å²) in [5.41, 5.74) is 0.379. The molecular weight excluding hydrogens is 209 g/mol. The van der Waals surface area contributed by atoms with E-state index in [1.54, 1.807) is 6.07 Å². The number of aromatic nitrogens is 1. The molecular formula is C9H11F3N2O. The van der Waals surface area contributed by atoms with Crippen molar-refractivity contribution in [3.8, 4) is 0 Å². The Morgan fingerprint density at radius 1 is 1.47 bits per heavy atom. The highest BCUT2D eigenvalue weighted by atomic mass is 19.4. The zero-order chi connectivity index (χ0) is 11.5. The van der Waals surface area contributed by atoms with Crippen molar-refractivity contribution < 1.29 is 18.3 Å². The van der Waals surface area contributed by atoms with Crippen LogP contribution in [0.1, 0.15) is 5.56 Å². The molecule has 0 spiro atoms. The second-order valence-electron chi connectivity index (χ2n) is 3.12. The van der Waals surface area contributed by atoms with E-state index in [9.17, 15) is 13.2 Å². The molecule has 0 aliphatic heterocycles. The van der Waals surface area contributed by atoms with Crippen LogP contribution in [0.25, 0.3) is 0 Å². The summed E-state index contributed by atoms with van der Waals surface area (Å²) in [6.07, 6.45) is -2.89. The lowest BCUT2D eigenvalue weighted by Crippen LogP contribution is -2.32. The van der Waals surface area contributed by atoms with E-state index < -0.39 is 12.7 Å². The SMILES string of the molecule is CN(CC(F)(F)F)c1ncccc1CO. The first kappa shape index (κ1) is 11.8. The summed E-state index contributed by atoms with van der Waals surface area (Å²) in [4.78, 5) is 4.76. The molecule has 84 valence electrons. The number of hydrogen-bond donors (Lipinski definition) is 1. The summed E-state index contributed by atoms with van der Waals surface area (Å²) in [6, 6.07) is 3.10. The van der Waals surface area contributed by atoms with E-state index >= 15 is 0 Å². The third-order valence-electron chi connectivity index (χ3n) is 1.82. The standard InChI is InChI=1S/C9H11F3N2O/c1-14(6-9(10,11)12)8-7(5-15)3-2-4-13-8/h2-4,15H,5-6H2,1H3. The number of rotatable bonds is 3. The van der Waals surface area contributed by atoms with E-state index in [2.05, 4.69) is 4.98 Å². The fraction of sp³-hybridized carbons (Fsp3) is 0.444. The number of alkyl halides is 3. The van der Waals surface area contributed by atoms with Crippen LogP contribution in [-0.4, -0.2) is 29.9 Å². The molecule has 6 heteroatoms. The van der Waals surface area contributed by atoms with Crippen molar-refractivity contribution in [1.29, 1.82) is 0 Å². The van der Waals surface area contributed by atoms with Gasteiger partial charge in [-0.1, -0.05) is 6.07 Å². The van der Waals surface area contributed by atoms with Crippen LogP contribution in [0.3, 0.4) is 0 Å². The summed E-state index contributed by atoms with van der Waals surface area (Å²) in [7, 11) is 1.29. The second-order valence-corrected chi connectivity index (χ2v) is 3.12. The van der Waals surface area contributed by atoms with E-state index in [0.29, 0.717) is 5.56 Å². The minimum absolute atomic E-state index is 0.150. The number of anilines is 1. The monoisotopic (exact) mass is 220 g/mol. The lowest BCUT2D eigenvalue weighted by Gasteiger charge is -2.21. The van der Waals surface area contributed by atoms with Crippen LogP contribution in [-0.2, 0) is 6.61 Å². The maximum Gasteiger partial charge on any atom is 0.405 e. The molecule has 1 rings (SSSR count). The number of hydrogen-bond acceptors (Lipinski definition) is 3. The van der Waals surface area contributed by atoms with E-state index in [4.69, 9.17) is 5.11 Å². The van der Waals surface area contributed by atoms with Gasteiger partial charge in [-0.15, -0.1) is 0 Å². The topological polar surface area (TPSA) is 36.4 Å². The van der Waals surface area contributed by atoms with Gasteiger partial charge in [-0.05, 0) is 6.07 Å². The van der Waals surface area contributed by atoms with Gasteiger partial charge in [0, 0.05) is 18.8 Å². The van der Waals surface area contributed by atoms with Crippen LogP contribution in [0.5, 0.6) is 0 Å². The molecule has 0 fully saturated rings. The molecule has 0 saturated carbocycles. The summed E-state index contributed by atoms with van der Waals surface area (Å²) in [6.45, 7) is -1.41. The fourth-order valence-corrected chi connectivity index (χ4v) is 1.24. The van der Waals surface area contributed by atoms with Gasteiger partial charge in [0.15, 0.2) is 0 Å². The van der Waals surface area contributed by atoms with Crippen molar-refractivity contribution in [1.82, 2.24) is 4.98 Å². The van der Waals surface area contributed by atoms with E-state index in [1.807, 2.05) is 0 Å². The summed E-state index contributed by atoms with van der Waals surface area (Å²) in [5, 5.41) is 8.92. The predicted octanol–water partition coefficient (Wildman–Crippen LogP) is 1.57. The van der Waals surface area contributed by atoms with Crippen LogP contribution in [0.15, 0.2) is 18.3 Å². The Labute approximate surface area is 85.2 Å². The van der Waals surface area contributed by atoms with Crippen LogP contribution in [0, 0.1) is 0 Å². The fourth-order valence-electron chi connectivity index (χ4n) is 1.24. The lowest BCUT2D eigenvalue weighted by molar-refractivity contribution is -0.119. The van der Waals surface area contributed by atoms with Crippen molar-refractivity contribution in [2.75, 3.05) is 18.5 Å². The Morgan fingerprint density at radius 3 is 2.67 bits per heavy atom. The van der Waals surface area contributed by atoms with Crippen molar-refractivity contribution in [2.24, 2.45) is 0 Å². The van der Waals surface area contributed by atoms with Crippen LogP contribution in [0.2, 0.25) is 0 Å². The number of aliphatic hydroxyl groups excluding tert-OH is 1. The molecule has 0 bridgehead atoms. The molecule has 1 N–H and O–H groups in total. The second kappa shape index (κ2) is 4.48. The van der Waals surface area contributed by atoms with Gasteiger partial charge in [0.25, 0.3) is 0 Å². The van der Waals surface area contributed by atoms with Gasteiger partial charge in [-0.2, -0.15) is 13.2 Å². The lowest BCUT2D eigenvalue weighted by atomic mass is 10.2. The molecule has 0 radical (unpaired) electrons. The highest BCUT2D eigenvalue weighted by Crippen LogP contribution is 2.21. The highest BCUT2D eigenvalue weighted by Gasteiger charge is 2.30. The molecule has 3 nitrogen and oxygen atoms in total. The van der Waals surface area contributed by atoms with Gasteiger partial charge in [0.2, 0.25) is 0 Å². The number of nitrogens with zero attached hydrogens (tertiary/aromatic N) is 2. The van der Waals surface area contributed by atoms with Gasteiger partial charge < -0.3 is 10.0 Å². The minimum atomic E-state index is -4.28. The first-order chi connectivity index (χ1) is 6.94. The largest absolute Gasteiger partial charge is 0.405 e. The normalized spacial score (nSPS) is 11.5.